The average molecular weight is 216 g/mol. The first kappa shape index (κ1) is 11.1. The Balaban J connectivity index is 2.30. The molecule has 0 saturated carbocycles. The quantitative estimate of drug-likeness (QED) is 0.825. The number of rotatable bonds is 2. The Labute approximate surface area is 95.6 Å². The molecule has 1 aromatic carbocycles. The highest BCUT2D eigenvalue weighted by atomic mass is 16.3. The fraction of sp³-hybridized carbons (Fsp3) is 0.357. The van der Waals surface area contributed by atoms with E-state index in [1.54, 1.807) is 0 Å². The molecule has 0 bridgehead atoms. The average Bonchev–Trinajstić information content (AvgIpc) is 2.52. The maximum atomic E-state index is 11.8. The molecule has 1 N–H and O–H groups in total. The van der Waals surface area contributed by atoms with Gasteiger partial charge in [-0.1, -0.05) is 50.3 Å². The lowest BCUT2D eigenvalue weighted by Gasteiger charge is -2.11. The van der Waals surface area contributed by atoms with Gasteiger partial charge in [0.05, 0.1) is 0 Å². The molecule has 0 aliphatic heterocycles. The van der Waals surface area contributed by atoms with Crippen molar-refractivity contribution in [2.75, 3.05) is 0 Å². The van der Waals surface area contributed by atoms with Gasteiger partial charge in [0.2, 0.25) is 0 Å². The highest BCUT2D eigenvalue weighted by molar-refractivity contribution is 5.99. The molecule has 1 aromatic rings. The number of hydrogen-bond acceptors (Lipinski definition) is 2. The first-order valence-electron chi connectivity index (χ1n) is 5.48. The van der Waals surface area contributed by atoms with Crippen LogP contribution in [0, 0.1) is 5.41 Å². The summed E-state index contributed by atoms with van der Waals surface area (Å²) in [6, 6.07) is 9.30. The van der Waals surface area contributed by atoms with Crippen LogP contribution in [0.4, 0.5) is 0 Å². The van der Waals surface area contributed by atoms with E-state index in [0.29, 0.717) is 12.0 Å². The Morgan fingerprint density at radius 1 is 1.25 bits per heavy atom. The van der Waals surface area contributed by atoms with Crippen LogP contribution in [0.5, 0.6) is 0 Å². The van der Waals surface area contributed by atoms with E-state index in [4.69, 9.17) is 0 Å². The van der Waals surface area contributed by atoms with Crippen molar-refractivity contribution in [3.63, 3.8) is 0 Å². The fourth-order valence-corrected chi connectivity index (χ4v) is 2.11. The normalized spacial score (nSPS) is 20.7. The van der Waals surface area contributed by atoms with Gasteiger partial charge in [0.1, 0.15) is 6.10 Å². The van der Waals surface area contributed by atoms with E-state index in [0.717, 1.165) is 5.56 Å². The number of aliphatic hydroxyl groups is 1. The summed E-state index contributed by atoms with van der Waals surface area (Å²) in [5.41, 5.74) is 1.19. The second-order valence-corrected chi connectivity index (χ2v) is 5.00. The summed E-state index contributed by atoms with van der Waals surface area (Å²) in [5.74, 6) is 0.0568. The maximum Gasteiger partial charge on any atom is 0.162 e. The Kier molecular flexibility index (Phi) is 2.68. The topological polar surface area (TPSA) is 37.3 Å². The largest absolute Gasteiger partial charge is 0.384 e. The molecule has 84 valence electrons. The third-order valence-corrected chi connectivity index (χ3v) is 2.89. The van der Waals surface area contributed by atoms with Crippen LogP contribution in [0.25, 0.3) is 0 Å². The number of allylic oxidation sites excluding steroid dienone is 1. The first-order chi connectivity index (χ1) is 7.49. The van der Waals surface area contributed by atoms with Crippen LogP contribution in [0.1, 0.15) is 31.9 Å². The van der Waals surface area contributed by atoms with Crippen LogP contribution < -0.4 is 0 Å². The van der Waals surface area contributed by atoms with E-state index in [1.807, 2.05) is 50.3 Å². The molecule has 0 aromatic heterocycles. The monoisotopic (exact) mass is 216 g/mol. The van der Waals surface area contributed by atoms with Gasteiger partial charge in [-0.2, -0.15) is 0 Å². The third kappa shape index (κ3) is 2.07. The van der Waals surface area contributed by atoms with Gasteiger partial charge in [-0.25, -0.2) is 0 Å². The van der Waals surface area contributed by atoms with E-state index >= 15 is 0 Å². The van der Waals surface area contributed by atoms with Gasteiger partial charge in [0.25, 0.3) is 0 Å². The van der Waals surface area contributed by atoms with Gasteiger partial charge in [-0.15, -0.1) is 0 Å². The van der Waals surface area contributed by atoms with E-state index in [1.165, 1.54) is 0 Å². The van der Waals surface area contributed by atoms with Crippen molar-refractivity contribution in [3.8, 4) is 0 Å². The van der Waals surface area contributed by atoms with Gasteiger partial charge in [0.15, 0.2) is 5.78 Å². The fourth-order valence-electron chi connectivity index (χ4n) is 2.11. The van der Waals surface area contributed by atoms with Gasteiger partial charge in [0, 0.05) is 12.0 Å². The number of hydrogen-bond donors (Lipinski definition) is 1. The van der Waals surface area contributed by atoms with E-state index in [9.17, 15) is 9.90 Å². The zero-order valence-corrected chi connectivity index (χ0v) is 9.60. The molecular weight excluding hydrogens is 200 g/mol. The smallest absolute Gasteiger partial charge is 0.162 e. The Hall–Kier alpha value is -1.41. The molecule has 2 rings (SSSR count). The molecule has 0 radical (unpaired) electrons. The minimum atomic E-state index is -0.782. The van der Waals surface area contributed by atoms with Crippen LogP contribution in [-0.2, 0) is 4.79 Å². The lowest BCUT2D eigenvalue weighted by molar-refractivity contribution is -0.116. The number of benzene rings is 1. The molecule has 1 atom stereocenters. The molecular formula is C14H16O2. The predicted molar refractivity (Wildman–Crippen MR) is 62.9 cm³/mol. The van der Waals surface area contributed by atoms with Gasteiger partial charge in [-0.05, 0) is 11.0 Å². The van der Waals surface area contributed by atoms with Crippen molar-refractivity contribution in [3.05, 3.63) is 47.5 Å². The van der Waals surface area contributed by atoms with Gasteiger partial charge >= 0.3 is 0 Å². The highest BCUT2D eigenvalue weighted by Gasteiger charge is 2.33. The van der Waals surface area contributed by atoms with Crippen molar-refractivity contribution < 1.29 is 9.90 Å². The zero-order valence-electron chi connectivity index (χ0n) is 9.60. The molecule has 1 aliphatic carbocycles. The Morgan fingerprint density at radius 3 is 2.38 bits per heavy atom. The molecule has 0 amide bonds. The number of carbonyl (C=O) groups is 1. The van der Waals surface area contributed by atoms with Crippen LogP contribution in [0.3, 0.4) is 0 Å². The highest BCUT2D eigenvalue weighted by Crippen LogP contribution is 2.37. The summed E-state index contributed by atoms with van der Waals surface area (Å²) in [5, 5.41) is 10.1. The molecule has 0 heterocycles. The van der Waals surface area contributed by atoms with Crippen molar-refractivity contribution in [1.29, 1.82) is 0 Å². The van der Waals surface area contributed by atoms with Crippen LogP contribution >= 0.6 is 0 Å². The number of Topliss-reactive ketones (excluding diaryl/α,β-unsaturated/α-hetero) is 1. The molecule has 0 saturated heterocycles. The Morgan fingerprint density at radius 2 is 1.88 bits per heavy atom. The molecule has 2 heteroatoms. The standard InChI is InChI=1S/C14H16O2/c1-14(2)8-11(12(15)9-14)13(16)10-6-4-3-5-7-10/h3-8,13,16H,9H2,1-2H3. The first-order valence-corrected chi connectivity index (χ1v) is 5.48. The zero-order chi connectivity index (χ0) is 11.8. The van der Waals surface area contributed by atoms with Crippen LogP contribution in [0.2, 0.25) is 0 Å². The maximum absolute atomic E-state index is 11.8. The summed E-state index contributed by atoms with van der Waals surface area (Å²) in [4.78, 5) is 11.8. The minimum absolute atomic E-state index is 0.0568. The molecule has 0 spiro atoms. The lowest BCUT2D eigenvalue weighted by atomic mass is 9.93. The third-order valence-electron chi connectivity index (χ3n) is 2.89. The molecule has 1 unspecified atom stereocenters. The summed E-state index contributed by atoms with van der Waals surface area (Å²) in [6.45, 7) is 4.02. The van der Waals surface area contributed by atoms with Gasteiger partial charge < -0.3 is 5.11 Å². The summed E-state index contributed by atoms with van der Waals surface area (Å²) >= 11 is 0. The SMILES string of the molecule is CC1(C)C=C(C(O)c2ccccc2)C(=O)C1. The van der Waals surface area contributed by atoms with Crippen molar-refractivity contribution in [1.82, 2.24) is 0 Å². The van der Waals surface area contributed by atoms with Crippen LogP contribution in [-0.4, -0.2) is 10.9 Å². The second-order valence-electron chi connectivity index (χ2n) is 5.00. The number of aliphatic hydroxyl groups excluding tert-OH is 1. The number of carbonyl (C=O) groups excluding carboxylic acids is 1. The van der Waals surface area contributed by atoms with Gasteiger partial charge in [-0.3, -0.25) is 4.79 Å². The van der Waals surface area contributed by atoms with E-state index < -0.39 is 6.10 Å². The van der Waals surface area contributed by atoms with Crippen molar-refractivity contribution in [2.45, 2.75) is 26.4 Å². The Bertz CT molecular complexity index is 429. The van der Waals surface area contributed by atoms with E-state index in [2.05, 4.69) is 0 Å². The summed E-state index contributed by atoms with van der Waals surface area (Å²) < 4.78 is 0. The lowest BCUT2D eigenvalue weighted by Crippen LogP contribution is -2.08. The van der Waals surface area contributed by atoms with Crippen molar-refractivity contribution in [2.24, 2.45) is 5.41 Å². The molecule has 0 fully saturated rings. The minimum Gasteiger partial charge on any atom is -0.384 e. The summed E-state index contributed by atoms with van der Waals surface area (Å²) in [6.07, 6.45) is 1.61. The predicted octanol–water partition coefficient (Wildman–Crippen LogP) is 2.65. The molecule has 2 nitrogen and oxygen atoms in total. The van der Waals surface area contributed by atoms with Crippen LogP contribution in [0.15, 0.2) is 42.0 Å². The van der Waals surface area contributed by atoms with E-state index in [-0.39, 0.29) is 11.2 Å². The molecule has 1 aliphatic rings. The summed E-state index contributed by atoms with van der Waals surface area (Å²) in [7, 11) is 0. The number of ketones is 1. The molecule has 16 heavy (non-hydrogen) atoms. The second kappa shape index (κ2) is 3.87. The van der Waals surface area contributed by atoms with Crippen molar-refractivity contribution >= 4 is 5.78 Å².